The van der Waals surface area contributed by atoms with Crippen molar-refractivity contribution in [2.45, 2.75) is 25.8 Å². The second kappa shape index (κ2) is 7.61. The first-order valence-corrected chi connectivity index (χ1v) is 8.16. The van der Waals surface area contributed by atoms with Crippen LogP contribution in [0.5, 0.6) is 5.75 Å². The average molecular weight is 365 g/mol. The molecule has 1 heterocycles. The molecular weight excluding hydrogens is 344 g/mol. The minimum atomic E-state index is -1.14. The van der Waals surface area contributed by atoms with Crippen LogP contribution in [-0.2, 0) is 9.53 Å². The molecule has 0 radical (unpaired) electrons. The lowest BCUT2D eigenvalue weighted by molar-refractivity contribution is -0.147. The van der Waals surface area contributed by atoms with Crippen LogP contribution in [0.4, 0.5) is 0 Å². The van der Waals surface area contributed by atoms with Gasteiger partial charge in [0.25, 0.3) is 5.91 Å². The van der Waals surface area contributed by atoms with Crippen LogP contribution in [0, 0.1) is 0 Å². The van der Waals surface area contributed by atoms with Gasteiger partial charge >= 0.3 is 5.97 Å². The minimum absolute atomic E-state index is 0.243. The van der Waals surface area contributed by atoms with Gasteiger partial charge in [-0.3, -0.25) is 4.79 Å². The van der Waals surface area contributed by atoms with Crippen molar-refractivity contribution in [3.05, 3.63) is 47.2 Å². The standard InChI is InChI=1S/C18H21ClN2O4/c1-5-18(2,17(23)25-4)20-16(22)12-10-13(19)14(11-15(12)24-3)21-8-6-7-9-21/h6-11H,5H2,1-4H3,(H,20,22). The zero-order chi connectivity index (χ0) is 18.6. The summed E-state index contributed by atoms with van der Waals surface area (Å²) >= 11 is 6.34. The first kappa shape index (κ1) is 18.9. The van der Waals surface area contributed by atoms with Crippen LogP contribution in [-0.4, -0.2) is 36.2 Å². The highest BCUT2D eigenvalue weighted by Gasteiger charge is 2.35. The van der Waals surface area contributed by atoms with E-state index in [1.54, 1.807) is 19.9 Å². The fraction of sp³-hybridized carbons (Fsp3) is 0.333. The normalized spacial score (nSPS) is 13.0. The molecule has 0 bridgehead atoms. The molecule has 2 aromatic rings. The summed E-state index contributed by atoms with van der Waals surface area (Å²) in [5.74, 6) is -0.626. The minimum Gasteiger partial charge on any atom is -0.496 e. The van der Waals surface area contributed by atoms with Gasteiger partial charge in [-0.1, -0.05) is 18.5 Å². The summed E-state index contributed by atoms with van der Waals surface area (Å²) in [5.41, 5.74) is -0.208. The van der Waals surface area contributed by atoms with E-state index in [1.165, 1.54) is 20.3 Å². The second-order valence-corrected chi connectivity index (χ2v) is 6.13. The third-order valence-corrected chi connectivity index (χ3v) is 4.43. The molecule has 0 saturated carbocycles. The Morgan fingerprint density at radius 3 is 2.40 bits per heavy atom. The van der Waals surface area contributed by atoms with E-state index < -0.39 is 17.4 Å². The number of nitrogens with zero attached hydrogens (tertiary/aromatic N) is 1. The van der Waals surface area contributed by atoms with Crippen molar-refractivity contribution in [3.8, 4) is 11.4 Å². The molecule has 1 amide bonds. The van der Waals surface area contributed by atoms with E-state index in [2.05, 4.69) is 5.32 Å². The van der Waals surface area contributed by atoms with Crippen molar-refractivity contribution in [1.29, 1.82) is 0 Å². The maximum Gasteiger partial charge on any atom is 0.331 e. The Kier molecular flexibility index (Phi) is 5.74. The van der Waals surface area contributed by atoms with Gasteiger partial charge in [-0.25, -0.2) is 4.79 Å². The van der Waals surface area contributed by atoms with Crippen LogP contribution >= 0.6 is 11.6 Å². The Morgan fingerprint density at radius 1 is 1.24 bits per heavy atom. The first-order valence-electron chi connectivity index (χ1n) is 7.78. The predicted molar refractivity (Wildman–Crippen MR) is 95.5 cm³/mol. The number of ether oxygens (including phenoxy) is 2. The fourth-order valence-corrected chi connectivity index (χ4v) is 2.67. The molecule has 0 spiro atoms. The first-order chi connectivity index (χ1) is 11.9. The van der Waals surface area contributed by atoms with Gasteiger partial charge in [0.2, 0.25) is 0 Å². The third-order valence-electron chi connectivity index (χ3n) is 4.13. The van der Waals surface area contributed by atoms with Crippen LogP contribution in [0.1, 0.15) is 30.6 Å². The maximum atomic E-state index is 12.7. The number of amides is 1. The van der Waals surface area contributed by atoms with Crippen molar-refractivity contribution >= 4 is 23.5 Å². The quantitative estimate of drug-likeness (QED) is 0.799. The van der Waals surface area contributed by atoms with Gasteiger partial charge in [-0.15, -0.1) is 0 Å². The molecule has 0 saturated heterocycles. The van der Waals surface area contributed by atoms with E-state index >= 15 is 0 Å². The summed E-state index contributed by atoms with van der Waals surface area (Å²) in [6.07, 6.45) is 4.06. The summed E-state index contributed by atoms with van der Waals surface area (Å²) in [7, 11) is 2.75. The lowest BCUT2D eigenvalue weighted by Gasteiger charge is -2.27. The largest absolute Gasteiger partial charge is 0.496 e. The number of aromatic nitrogens is 1. The smallest absolute Gasteiger partial charge is 0.331 e. The lowest BCUT2D eigenvalue weighted by Crippen LogP contribution is -2.52. The maximum absolute atomic E-state index is 12.7. The monoisotopic (exact) mass is 364 g/mol. The Morgan fingerprint density at radius 2 is 1.88 bits per heavy atom. The van der Waals surface area contributed by atoms with Gasteiger partial charge in [-0.2, -0.15) is 0 Å². The predicted octanol–water partition coefficient (Wildman–Crippen LogP) is 3.21. The summed E-state index contributed by atoms with van der Waals surface area (Å²) in [6, 6.07) is 6.94. The Bertz CT molecular complexity index is 774. The van der Waals surface area contributed by atoms with Crippen molar-refractivity contribution in [1.82, 2.24) is 9.88 Å². The molecule has 2 rings (SSSR count). The fourth-order valence-electron chi connectivity index (χ4n) is 2.41. The molecule has 134 valence electrons. The molecule has 1 unspecified atom stereocenters. The number of carbonyl (C=O) groups is 2. The number of benzene rings is 1. The highest BCUT2D eigenvalue weighted by Crippen LogP contribution is 2.30. The molecule has 0 aliphatic carbocycles. The molecule has 0 aliphatic rings. The Hall–Kier alpha value is -2.47. The zero-order valence-corrected chi connectivity index (χ0v) is 15.4. The van der Waals surface area contributed by atoms with Gasteiger partial charge in [0.15, 0.2) is 0 Å². The van der Waals surface area contributed by atoms with Gasteiger partial charge in [0, 0.05) is 18.5 Å². The Labute approximate surface area is 151 Å². The van der Waals surface area contributed by atoms with E-state index in [9.17, 15) is 9.59 Å². The van der Waals surface area contributed by atoms with E-state index in [-0.39, 0.29) is 5.56 Å². The van der Waals surface area contributed by atoms with Crippen molar-refractivity contribution in [2.75, 3.05) is 14.2 Å². The molecule has 1 atom stereocenters. The molecule has 25 heavy (non-hydrogen) atoms. The SMILES string of the molecule is CCC(C)(NC(=O)c1cc(Cl)c(-n2cccc2)cc1OC)C(=O)OC. The summed E-state index contributed by atoms with van der Waals surface area (Å²) in [6.45, 7) is 3.40. The van der Waals surface area contributed by atoms with Crippen LogP contribution < -0.4 is 10.1 Å². The highest BCUT2D eigenvalue weighted by molar-refractivity contribution is 6.33. The molecule has 0 fully saturated rings. The van der Waals surface area contributed by atoms with E-state index in [0.717, 1.165) is 0 Å². The molecular formula is C18H21ClN2O4. The van der Waals surface area contributed by atoms with Crippen LogP contribution in [0.25, 0.3) is 5.69 Å². The molecule has 7 heteroatoms. The van der Waals surface area contributed by atoms with Crippen LogP contribution in [0.2, 0.25) is 5.02 Å². The number of rotatable bonds is 6. The molecule has 1 aromatic heterocycles. The molecule has 1 N–H and O–H groups in total. The molecule has 6 nitrogen and oxygen atoms in total. The van der Waals surface area contributed by atoms with E-state index in [4.69, 9.17) is 21.1 Å². The second-order valence-electron chi connectivity index (χ2n) is 5.73. The number of nitrogens with one attached hydrogen (secondary N) is 1. The number of methoxy groups -OCH3 is 2. The van der Waals surface area contributed by atoms with Gasteiger partial charge in [0.1, 0.15) is 11.3 Å². The summed E-state index contributed by atoms with van der Waals surface area (Å²) in [4.78, 5) is 24.7. The van der Waals surface area contributed by atoms with Crippen LogP contribution in [0.3, 0.4) is 0 Å². The number of esters is 1. The highest BCUT2D eigenvalue weighted by atomic mass is 35.5. The van der Waals surface area contributed by atoms with Crippen molar-refractivity contribution in [2.24, 2.45) is 0 Å². The number of carbonyl (C=O) groups excluding carboxylic acids is 2. The van der Waals surface area contributed by atoms with Crippen molar-refractivity contribution in [3.63, 3.8) is 0 Å². The Balaban J connectivity index is 2.40. The molecule has 1 aromatic carbocycles. The zero-order valence-electron chi connectivity index (χ0n) is 14.6. The average Bonchev–Trinajstić information content (AvgIpc) is 3.14. The summed E-state index contributed by atoms with van der Waals surface area (Å²) in [5, 5.41) is 3.09. The lowest BCUT2D eigenvalue weighted by atomic mass is 9.98. The van der Waals surface area contributed by atoms with Crippen LogP contribution in [0.15, 0.2) is 36.7 Å². The van der Waals surface area contributed by atoms with E-state index in [1.807, 2.05) is 29.1 Å². The topological polar surface area (TPSA) is 69.6 Å². The van der Waals surface area contributed by atoms with E-state index in [0.29, 0.717) is 22.9 Å². The number of hydrogen-bond acceptors (Lipinski definition) is 4. The number of hydrogen-bond donors (Lipinski definition) is 1. The van der Waals surface area contributed by atoms with Gasteiger partial charge in [0.05, 0.1) is 30.5 Å². The van der Waals surface area contributed by atoms with Crippen molar-refractivity contribution < 1.29 is 19.1 Å². The van der Waals surface area contributed by atoms with Gasteiger partial charge in [-0.05, 0) is 31.5 Å². The summed E-state index contributed by atoms with van der Waals surface area (Å²) < 4.78 is 11.9. The molecule has 0 aliphatic heterocycles. The third kappa shape index (κ3) is 3.79. The van der Waals surface area contributed by atoms with Gasteiger partial charge < -0.3 is 19.4 Å². The number of halogens is 1.